The predicted molar refractivity (Wildman–Crippen MR) is 74.9 cm³/mol. The van der Waals surface area contributed by atoms with E-state index in [9.17, 15) is 4.79 Å². The van der Waals surface area contributed by atoms with Crippen molar-refractivity contribution in [2.24, 2.45) is 0 Å². The molecule has 1 aliphatic heterocycles. The van der Waals surface area contributed by atoms with Gasteiger partial charge in [0.15, 0.2) is 0 Å². The molecular weight excluding hydrogens is 240 g/mol. The van der Waals surface area contributed by atoms with Crippen LogP contribution in [0.25, 0.3) is 0 Å². The van der Waals surface area contributed by atoms with Crippen LogP contribution >= 0.6 is 0 Å². The molecule has 5 heteroatoms. The van der Waals surface area contributed by atoms with Gasteiger partial charge in [0, 0.05) is 45.2 Å². The van der Waals surface area contributed by atoms with Crippen molar-refractivity contribution in [2.75, 3.05) is 20.1 Å². The second-order valence-electron chi connectivity index (χ2n) is 5.09. The van der Waals surface area contributed by atoms with E-state index in [0.29, 0.717) is 6.54 Å². The van der Waals surface area contributed by atoms with Crippen LogP contribution in [0.2, 0.25) is 0 Å². The van der Waals surface area contributed by atoms with Gasteiger partial charge in [-0.3, -0.25) is 4.79 Å². The summed E-state index contributed by atoms with van der Waals surface area (Å²) in [5, 5.41) is 3.34. The molecule has 0 aromatic carbocycles. The average Bonchev–Trinajstić information content (AvgIpc) is 2.76. The number of nitrogens with one attached hydrogen (secondary N) is 1. The van der Waals surface area contributed by atoms with E-state index < -0.39 is 0 Å². The van der Waals surface area contributed by atoms with Gasteiger partial charge in [0.05, 0.1) is 5.69 Å². The van der Waals surface area contributed by atoms with Gasteiger partial charge in [0.1, 0.15) is 12.4 Å². The van der Waals surface area contributed by atoms with Crippen molar-refractivity contribution in [3.8, 4) is 0 Å². The molecule has 2 rings (SSSR count). The molecule has 2 heterocycles. The molecule has 1 aromatic rings. The minimum Gasteiger partial charge on any atom is -0.344 e. The number of carbonyl (C=O) groups is 1. The number of amides is 1. The Labute approximate surface area is 115 Å². The smallest absolute Gasteiger partial charge is 0.242 e. The van der Waals surface area contributed by atoms with Crippen LogP contribution in [0.15, 0.2) is 0 Å². The second-order valence-corrected chi connectivity index (χ2v) is 5.09. The molecule has 0 saturated carbocycles. The zero-order valence-electron chi connectivity index (χ0n) is 12.2. The highest BCUT2D eigenvalue weighted by atomic mass is 16.2. The first-order chi connectivity index (χ1) is 9.17. The number of imidazole rings is 1. The molecule has 0 radical (unpaired) electrons. The fraction of sp³-hybridized carbons (Fsp3) is 0.714. The van der Waals surface area contributed by atoms with Crippen LogP contribution in [0.1, 0.15) is 37.5 Å². The van der Waals surface area contributed by atoms with E-state index in [2.05, 4.69) is 16.8 Å². The van der Waals surface area contributed by atoms with Crippen molar-refractivity contribution < 1.29 is 4.79 Å². The third kappa shape index (κ3) is 2.97. The Bertz CT molecular complexity index is 453. The van der Waals surface area contributed by atoms with Crippen molar-refractivity contribution in [3.63, 3.8) is 0 Å². The molecule has 0 saturated heterocycles. The monoisotopic (exact) mass is 264 g/mol. The molecule has 0 bridgehead atoms. The van der Waals surface area contributed by atoms with Crippen LogP contribution in [-0.2, 0) is 30.7 Å². The Morgan fingerprint density at radius 3 is 2.95 bits per heavy atom. The Balaban J connectivity index is 2.26. The van der Waals surface area contributed by atoms with E-state index in [1.165, 1.54) is 5.69 Å². The van der Waals surface area contributed by atoms with Gasteiger partial charge in [-0.05, 0) is 13.3 Å². The lowest BCUT2D eigenvalue weighted by molar-refractivity contribution is -0.130. The number of fused-ring (bicyclic) bond motifs is 1. The van der Waals surface area contributed by atoms with Gasteiger partial charge in [-0.15, -0.1) is 0 Å². The number of carbonyl (C=O) groups excluding carboxylic acids is 1. The zero-order valence-corrected chi connectivity index (χ0v) is 12.2. The lowest BCUT2D eigenvalue weighted by atomic mass is 10.2. The summed E-state index contributed by atoms with van der Waals surface area (Å²) in [7, 11) is 1.85. The highest BCUT2D eigenvalue weighted by molar-refractivity contribution is 5.75. The molecule has 0 spiro atoms. The molecule has 0 atom stereocenters. The van der Waals surface area contributed by atoms with E-state index in [4.69, 9.17) is 4.98 Å². The maximum Gasteiger partial charge on any atom is 0.242 e. The highest BCUT2D eigenvalue weighted by Gasteiger charge is 2.21. The molecule has 1 amide bonds. The molecule has 1 N–H and O–H groups in total. The lowest BCUT2D eigenvalue weighted by Crippen LogP contribution is -2.32. The van der Waals surface area contributed by atoms with Crippen LogP contribution in [-0.4, -0.2) is 40.5 Å². The third-order valence-electron chi connectivity index (χ3n) is 3.73. The summed E-state index contributed by atoms with van der Waals surface area (Å²) in [5.74, 6) is 1.23. The highest BCUT2D eigenvalue weighted by Crippen LogP contribution is 2.17. The zero-order chi connectivity index (χ0) is 13.8. The van der Waals surface area contributed by atoms with Crippen molar-refractivity contribution in [3.05, 3.63) is 17.2 Å². The standard InChI is InChI=1S/C14H24N4O/c1-4-6-13-16-11-9-15-8-7-12(11)18(13)10-14(19)17(3)5-2/h15H,4-10H2,1-3H3. The van der Waals surface area contributed by atoms with E-state index >= 15 is 0 Å². The van der Waals surface area contributed by atoms with Gasteiger partial charge in [-0.25, -0.2) is 4.98 Å². The number of hydrogen-bond acceptors (Lipinski definition) is 3. The number of aromatic nitrogens is 2. The summed E-state index contributed by atoms with van der Waals surface area (Å²) in [4.78, 5) is 18.6. The van der Waals surface area contributed by atoms with Gasteiger partial charge in [-0.1, -0.05) is 6.92 Å². The van der Waals surface area contributed by atoms with Crippen molar-refractivity contribution >= 4 is 5.91 Å². The van der Waals surface area contributed by atoms with E-state index in [0.717, 1.165) is 50.4 Å². The molecule has 0 fully saturated rings. The van der Waals surface area contributed by atoms with Gasteiger partial charge < -0.3 is 14.8 Å². The van der Waals surface area contributed by atoms with Gasteiger partial charge in [0.2, 0.25) is 5.91 Å². The molecule has 19 heavy (non-hydrogen) atoms. The van der Waals surface area contributed by atoms with Gasteiger partial charge in [-0.2, -0.15) is 0 Å². The summed E-state index contributed by atoms with van der Waals surface area (Å²) in [5.41, 5.74) is 2.38. The molecule has 106 valence electrons. The topological polar surface area (TPSA) is 50.2 Å². The van der Waals surface area contributed by atoms with Gasteiger partial charge >= 0.3 is 0 Å². The quantitative estimate of drug-likeness (QED) is 0.862. The molecule has 1 aromatic heterocycles. The van der Waals surface area contributed by atoms with Crippen molar-refractivity contribution in [1.82, 2.24) is 19.8 Å². The summed E-state index contributed by atoms with van der Waals surface area (Å²) in [6, 6.07) is 0. The number of hydrogen-bond donors (Lipinski definition) is 1. The Hall–Kier alpha value is -1.36. The lowest BCUT2D eigenvalue weighted by Gasteiger charge is -2.19. The maximum atomic E-state index is 12.1. The first-order valence-electron chi connectivity index (χ1n) is 7.19. The van der Waals surface area contributed by atoms with E-state index in [1.54, 1.807) is 4.90 Å². The average molecular weight is 264 g/mol. The van der Waals surface area contributed by atoms with Crippen LogP contribution in [0.3, 0.4) is 0 Å². The SMILES string of the molecule is CCCc1nc2c(n1CC(=O)N(C)CC)CCNC2. The Kier molecular flexibility index (Phi) is 4.58. The molecule has 0 aliphatic carbocycles. The molecule has 1 aliphatic rings. The van der Waals surface area contributed by atoms with E-state index in [1.807, 2.05) is 14.0 Å². The maximum absolute atomic E-state index is 12.1. The molecule has 0 unspecified atom stereocenters. The number of likely N-dealkylation sites (N-methyl/N-ethyl adjacent to an activating group) is 1. The number of rotatable bonds is 5. The van der Waals surface area contributed by atoms with Crippen molar-refractivity contribution in [2.45, 2.75) is 46.2 Å². The first-order valence-corrected chi connectivity index (χ1v) is 7.19. The van der Waals surface area contributed by atoms with Crippen LogP contribution in [0.5, 0.6) is 0 Å². The predicted octanol–water partition coefficient (Wildman–Crippen LogP) is 0.960. The summed E-state index contributed by atoms with van der Waals surface area (Å²) in [6.45, 7) is 7.13. The van der Waals surface area contributed by atoms with E-state index in [-0.39, 0.29) is 5.91 Å². The third-order valence-corrected chi connectivity index (χ3v) is 3.73. The molecule has 5 nitrogen and oxygen atoms in total. The Morgan fingerprint density at radius 1 is 1.47 bits per heavy atom. The first kappa shape index (κ1) is 14.1. The fourth-order valence-corrected chi connectivity index (χ4v) is 2.46. The minimum atomic E-state index is 0.165. The largest absolute Gasteiger partial charge is 0.344 e. The normalized spacial score (nSPS) is 14.3. The number of nitrogens with zero attached hydrogens (tertiary/aromatic N) is 3. The fourth-order valence-electron chi connectivity index (χ4n) is 2.46. The summed E-state index contributed by atoms with van der Waals surface area (Å²) < 4.78 is 2.15. The summed E-state index contributed by atoms with van der Waals surface area (Å²) >= 11 is 0. The second kappa shape index (κ2) is 6.19. The number of aryl methyl sites for hydroxylation is 1. The van der Waals surface area contributed by atoms with Crippen molar-refractivity contribution in [1.29, 1.82) is 0 Å². The van der Waals surface area contributed by atoms with Crippen LogP contribution in [0.4, 0.5) is 0 Å². The minimum absolute atomic E-state index is 0.165. The van der Waals surface area contributed by atoms with Crippen LogP contribution in [0, 0.1) is 0 Å². The Morgan fingerprint density at radius 2 is 2.26 bits per heavy atom. The molecular formula is C14H24N4O. The summed E-state index contributed by atoms with van der Waals surface area (Å²) in [6.07, 6.45) is 2.96. The van der Waals surface area contributed by atoms with Crippen LogP contribution < -0.4 is 5.32 Å². The van der Waals surface area contributed by atoms with Gasteiger partial charge in [0.25, 0.3) is 0 Å².